The van der Waals surface area contributed by atoms with Crippen molar-refractivity contribution in [2.75, 3.05) is 6.54 Å². The van der Waals surface area contributed by atoms with Crippen LogP contribution in [0.25, 0.3) is 5.65 Å². The monoisotopic (exact) mass is 460 g/mol. The van der Waals surface area contributed by atoms with E-state index in [2.05, 4.69) is 15.4 Å². The summed E-state index contributed by atoms with van der Waals surface area (Å²) >= 11 is 0. The fourth-order valence-electron chi connectivity index (χ4n) is 4.24. The van der Waals surface area contributed by atoms with Gasteiger partial charge in [-0.3, -0.25) is 9.36 Å². The summed E-state index contributed by atoms with van der Waals surface area (Å²) in [6.07, 6.45) is 7.55. The van der Waals surface area contributed by atoms with Crippen LogP contribution in [0.4, 0.5) is 0 Å². The van der Waals surface area contributed by atoms with Crippen molar-refractivity contribution in [1.29, 1.82) is 0 Å². The molecule has 0 saturated carbocycles. The maximum absolute atomic E-state index is 12.6. The van der Waals surface area contributed by atoms with Crippen molar-refractivity contribution in [3.05, 3.63) is 81.9 Å². The first-order chi connectivity index (χ1) is 16.6. The van der Waals surface area contributed by atoms with Crippen LogP contribution in [0.1, 0.15) is 46.7 Å². The second kappa shape index (κ2) is 9.54. The Balaban J connectivity index is 1.13. The molecule has 9 heteroatoms. The lowest BCUT2D eigenvalue weighted by Gasteiger charge is -2.09. The molecule has 34 heavy (non-hydrogen) atoms. The SMILES string of the molecule is Cc1ccc2nc(COc3cccc(C(=O)NCCCn4nc5n(c4=O)CCCC5)c3)cn2c1. The molecule has 4 heterocycles. The summed E-state index contributed by atoms with van der Waals surface area (Å²) < 4.78 is 11.1. The summed E-state index contributed by atoms with van der Waals surface area (Å²) in [5, 5.41) is 7.35. The standard InChI is InChI=1S/C25H28N6O3/c1-18-9-10-22-27-20(16-29(22)15-18)17-34-21-7-4-6-19(14-21)24(32)26-11-5-13-31-25(33)30-12-3-2-8-23(30)28-31/h4,6-7,9-10,14-16H,2-3,5,8,11-13,17H2,1H3,(H,26,32). The number of aromatic nitrogens is 5. The van der Waals surface area contributed by atoms with Crippen molar-refractivity contribution in [3.63, 3.8) is 0 Å². The molecule has 5 rings (SSSR count). The van der Waals surface area contributed by atoms with Crippen LogP contribution in [-0.4, -0.2) is 36.2 Å². The lowest BCUT2D eigenvalue weighted by molar-refractivity contribution is 0.0952. The largest absolute Gasteiger partial charge is 0.487 e. The highest BCUT2D eigenvalue weighted by Crippen LogP contribution is 2.16. The normalized spacial score (nSPS) is 13.1. The molecule has 176 valence electrons. The van der Waals surface area contributed by atoms with Crippen LogP contribution in [0, 0.1) is 6.92 Å². The minimum atomic E-state index is -0.176. The molecule has 4 aromatic rings. The number of nitrogens with zero attached hydrogens (tertiary/aromatic N) is 5. The summed E-state index contributed by atoms with van der Waals surface area (Å²) in [5.41, 5.74) is 3.32. The second-order valence-corrected chi connectivity index (χ2v) is 8.66. The smallest absolute Gasteiger partial charge is 0.345 e. The molecule has 0 bridgehead atoms. The van der Waals surface area contributed by atoms with Gasteiger partial charge in [0, 0.05) is 44.0 Å². The average Bonchev–Trinajstić information content (AvgIpc) is 3.40. The molecule has 1 aliphatic heterocycles. The van der Waals surface area contributed by atoms with E-state index in [1.165, 1.54) is 4.68 Å². The maximum atomic E-state index is 12.6. The van der Waals surface area contributed by atoms with E-state index in [-0.39, 0.29) is 11.6 Å². The van der Waals surface area contributed by atoms with Gasteiger partial charge in [-0.05, 0) is 56.0 Å². The number of pyridine rings is 1. The average molecular weight is 461 g/mol. The molecule has 3 aromatic heterocycles. The number of fused-ring (bicyclic) bond motifs is 2. The molecule has 0 radical (unpaired) electrons. The maximum Gasteiger partial charge on any atom is 0.345 e. The Morgan fingerprint density at radius 1 is 1.18 bits per heavy atom. The van der Waals surface area contributed by atoms with Gasteiger partial charge < -0.3 is 14.5 Å². The Morgan fingerprint density at radius 3 is 2.97 bits per heavy atom. The number of carbonyl (C=O) groups is 1. The van der Waals surface area contributed by atoms with E-state index >= 15 is 0 Å². The zero-order valence-corrected chi connectivity index (χ0v) is 19.2. The Hall–Kier alpha value is -3.88. The zero-order valence-electron chi connectivity index (χ0n) is 19.2. The molecular formula is C25H28N6O3. The van der Waals surface area contributed by atoms with Gasteiger partial charge >= 0.3 is 5.69 Å². The van der Waals surface area contributed by atoms with Gasteiger partial charge in [0.25, 0.3) is 5.91 Å². The molecule has 9 nitrogen and oxygen atoms in total. The van der Waals surface area contributed by atoms with Gasteiger partial charge in [0.15, 0.2) is 0 Å². The molecule has 0 atom stereocenters. The molecule has 0 unspecified atom stereocenters. The van der Waals surface area contributed by atoms with Gasteiger partial charge in [-0.1, -0.05) is 12.1 Å². The third-order valence-electron chi connectivity index (χ3n) is 6.00. The Morgan fingerprint density at radius 2 is 2.09 bits per heavy atom. The molecule has 0 spiro atoms. The zero-order chi connectivity index (χ0) is 23.5. The highest BCUT2D eigenvalue weighted by Gasteiger charge is 2.16. The minimum absolute atomic E-state index is 0.0494. The van der Waals surface area contributed by atoms with Crippen molar-refractivity contribution in [2.24, 2.45) is 0 Å². The number of benzene rings is 1. The highest BCUT2D eigenvalue weighted by molar-refractivity contribution is 5.94. The molecule has 0 fully saturated rings. The molecule has 1 aromatic carbocycles. The first kappa shape index (κ1) is 21.9. The number of imidazole rings is 1. The summed E-state index contributed by atoms with van der Waals surface area (Å²) in [7, 11) is 0. The first-order valence-electron chi connectivity index (χ1n) is 11.7. The third-order valence-corrected chi connectivity index (χ3v) is 6.00. The third kappa shape index (κ3) is 4.73. The van der Waals surface area contributed by atoms with Gasteiger partial charge in [0.1, 0.15) is 23.8 Å². The van der Waals surface area contributed by atoms with E-state index in [1.54, 1.807) is 22.8 Å². The summed E-state index contributed by atoms with van der Waals surface area (Å²) in [6.45, 7) is 4.05. The topological polar surface area (TPSA) is 95.4 Å². The van der Waals surface area contributed by atoms with Crippen molar-refractivity contribution >= 4 is 11.6 Å². The van der Waals surface area contributed by atoms with Gasteiger partial charge in [-0.25, -0.2) is 14.5 Å². The lowest BCUT2D eigenvalue weighted by atomic mass is 10.2. The fraction of sp³-hybridized carbons (Fsp3) is 0.360. The van der Waals surface area contributed by atoms with Crippen LogP contribution in [0.5, 0.6) is 5.75 Å². The van der Waals surface area contributed by atoms with Crippen LogP contribution in [0.2, 0.25) is 0 Å². The van der Waals surface area contributed by atoms with Crippen LogP contribution in [-0.2, 0) is 26.1 Å². The molecule has 0 saturated heterocycles. The van der Waals surface area contributed by atoms with Crippen molar-refractivity contribution in [1.82, 2.24) is 29.0 Å². The van der Waals surface area contributed by atoms with Crippen molar-refractivity contribution < 1.29 is 9.53 Å². The predicted molar refractivity (Wildman–Crippen MR) is 127 cm³/mol. The number of amides is 1. The summed E-state index contributed by atoms with van der Waals surface area (Å²) in [4.78, 5) is 29.5. The molecule has 1 N–H and O–H groups in total. The highest BCUT2D eigenvalue weighted by atomic mass is 16.5. The lowest BCUT2D eigenvalue weighted by Crippen LogP contribution is -2.29. The van der Waals surface area contributed by atoms with Crippen LogP contribution >= 0.6 is 0 Å². The van der Waals surface area contributed by atoms with E-state index in [9.17, 15) is 9.59 Å². The van der Waals surface area contributed by atoms with Gasteiger partial charge in [-0.15, -0.1) is 0 Å². The quantitative estimate of drug-likeness (QED) is 0.408. The van der Waals surface area contributed by atoms with E-state index < -0.39 is 0 Å². The van der Waals surface area contributed by atoms with Crippen LogP contribution < -0.4 is 15.7 Å². The van der Waals surface area contributed by atoms with Crippen molar-refractivity contribution in [3.8, 4) is 5.75 Å². The molecule has 1 aliphatic rings. The van der Waals surface area contributed by atoms with E-state index in [1.807, 2.05) is 41.9 Å². The van der Waals surface area contributed by atoms with Crippen LogP contribution in [0.15, 0.2) is 53.6 Å². The van der Waals surface area contributed by atoms with E-state index in [0.29, 0.717) is 37.4 Å². The predicted octanol–water partition coefficient (Wildman–Crippen LogP) is 2.74. The Labute approximate surface area is 197 Å². The second-order valence-electron chi connectivity index (χ2n) is 8.66. The van der Waals surface area contributed by atoms with Crippen molar-refractivity contribution in [2.45, 2.75) is 52.3 Å². The number of aryl methyl sites for hydroxylation is 3. The molecule has 1 amide bonds. The number of rotatable bonds is 8. The number of hydrogen-bond acceptors (Lipinski definition) is 5. The minimum Gasteiger partial charge on any atom is -0.487 e. The van der Waals surface area contributed by atoms with Gasteiger partial charge in [0.2, 0.25) is 0 Å². The molecule has 0 aliphatic carbocycles. The Bertz CT molecular complexity index is 1380. The summed E-state index contributed by atoms with van der Waals surface area (Å²) in [6, 6.07) is 11.1. The number of carbonyl (C=O) groups excluding carboxylic acids is 1. The fourth-order valence-corrected chi connectivity index (χ4v) is 4.24. The number of nitrogens with one attached hydrogen (secondary N) is 1. The first-order valence-corrected chi connectivity index (χ1v) is 11.7. The molecular weight excluding hydrogens is 432 g/mol. The van der Waals surface area contributed by atoms with E-state index in [0.717, 1.165) is 48.5 Å². The van der Waals surface area contributed by atoms with E-state index in [4.69, 9.17) is 4.74 Å². The summed E-state index contributed by atoms with van der Waals surface area (Å²) in [5.74, 6) is 1.30. The Kier molecular flexibility index (Phi) is 6.16. The number of ether oxygens (including phenoxy) is 1. The van der Waals surface area contributed by atoms with Gasteiger partial charge in [0.05, 0.1) is 5.69 Å². The van der Waals surface area contributed by atoms with Crippen LogP contribution in [0.3, 0.4) is 0 Å². The number of hydrogen-bond donors (Lipinski definition) is 1. The van der Waals surface area contributed by atoms with Gasteiger partial charge in [-0.2, -0.15) is 5.10 Å².